The van der Waals surface area contributed by atoms with Crippen LogP contribution in [-0.2, 0) is 11.3 Å². The summed E-state index contributed by atoms with van der Waals surface area (Å²) in [7, 11) is 0. The largest absolute Gasteiger partial charge is 0.347 e. The van der Waals surface area contributed by atoms with Crippen LogP contribution in [0, 0.1) is 6.92 Å². The van der Waals surface area contributed by atoms with Gasteiger partial charge in [-0.05, 0) is 36.6 Å². The van der Waals surface area contributed by atoms with Crippen LogP contribution in [0.15, 0.2) is 60.7 Å². The van der Waals surface area contributed by atoms with Gasteiger partial charge < -0.3 is 10.2 Å². The smallest absolute Gasteiger partial charge is 0.278 e. The zero-order valence-corrected chi connectivity index (χ0v) is 15.1. The van der Waals surface area contributed by atoms with Crippen LogP contribution in [-0.4, -0.2) is 25.0 Å². The van der Waals surface area contributed by atoms with E-state index < -0.39 is 0 Å². The summed E-state index contributed by atoms with van der Waals surface area (Å²) in [5.74, 6) is 0.132. The molecule has 2 aromatic carbocycles. The second-order valence-electron chi connectivity index (χ2n) is 6.88. The number of amides is 1. The lowest BCUT2D eigenvalue weighted by molar-refractivity contribution is -0.909. The molecule has 1 amide bonds. The fourth-order valence-corrected chi connectivity index (χ4v) is 3.29. The molecule has 130 valence electrons. The van der Waals surface area contributed by atoms with Crippen molar-refractivity contribution in [1.29, 1.82) is 0 Å². The number of quaternary nitrogens is 1. The zero-order valence-electron chi connectivity index (χ0n) is 15.1. The van der Waals surface area contributed by atoms with Crippen molar-refractivity contribution < 1.29 is 9.69 Å². The average Bonchev–Trinajstić information content (AvgIpc) is 2.67. The van der Waals surface area contributed by atoms with Gasteiger partial charge >= 0.3 is 0 Å². The van der Waals surface area contributed by atoms with Gasteiger partial charge in [0, 0.05) is 13.0 Å². The van der Waals surface area contributed by atoms with E-state index in [1.54, 1.807) is 0 Å². The molecule has 1 aliphatic heterocycles. The summed E-state index contributed by atoms with van der Waals surface area (Å²) in [4.78, 5) is 13.8. The molecule has 2 atom stereocenters. The maximum Gasteiger partial charge on any atom is 0.278 e. The first-order valence-electron chi connectivity index (χ1n) is 9.06. The Labute approximate surface area is 150 Å². The lowest BCUT2D eigenvalue weighted by Crippen LogP contribution is -3.17. The predicted octanol–water partition coefficient (Wildman–Crippen LogP) is 2.37. The van der Waals surface area contributed by atoms with Gasteiger partial charge in [-0.3, -0.25) is 4.79 Å². The summed E-state index contributed by atoms with van der Waals surface area (Å²) >= 11 is 0. The molecule has 3 heteroatoms. The first kappa shape index (κ1) is 17.4. The van der Waals surface area contributed by atoms with E-state index in [9.17, 15) is 4.79 Å². The van der Waals surface area contributed by atoms with Crippen molar-refractivity contribution in [2.45, 2.75) is 32.9 Å². The normalized spacial score (nSPS) is 18.3. The number of nitrogens with one attached hydrogen (secondary N) is 2. The highest BCUT2D eigenvalue weighted by Gasteiger charge is 2.26. The van der Waals surface area contributed by atoms with Crippen molar-refractivity contribution in [2.75, 3.05) is 13.1 Å². The van der Waals surface area contributed by atoms with E-state index >= 15 is 0 Å². The Bertz CT molecular complexity index is 734. The second-order valence-corrected chi connectivity index (χ2v) is 6.88. The third-order valence-corrected chi connectivity index (χ3v) is 5.06. The molecule has 1 aliphatic rings. The molecular weight excluding hydrogens is 308 g/mol. The minimum atomic E-state index is -0.0287. The zero-order chi connectivity index (χ0) is 17.6. The molecule has 0 aliphatic carbocycles. The fourth-order valence-electron chi connectivity index (χ4n) is 3.29. The van der Waals surface area contributed by atoms with Gasteiger partial charge in [-0.15, -0.1) is 0 Å². The highest BCUT2D eigenvalue weighted by molar-refractivity contribution is 5.80. The quantitative estimate of drug-likeness (QED) is 0.864. The van der Waals surface area contributed by atoms with Gasteiger partial charge in [-0.1, -0.05) is 60.2 Å². The Kier molecular flexibility index (Phi) is 5.67. The minimum Gasteiger partial charge on any atom is -0.347 e. The van der Waals surface area contributed by atoms with E-state index in [4.69, 9.17) is 0 Å². The van der Waals surface area contributed by atoms with Crippen molar-refractivity contribution in [2.24, 2.45) is 0 Å². The lowest BCUT2D eigenvalue weighted by atomic mass is 9.99. The van der Waals surface area contributed by atoms with Crippen molar-refractivity contribution in [3.8, 4) is 0 Å². The Morgan fingerprint density at radius 3 is 2.48 bits per heavy atom. The summed E-state index contributed by atoms with van der Waals surface area (Å²) in [6.45, 7) is 6.60. The number of rotatable bonds is 5. The van der Waals surface area contributed by atoms with E-state index in [1.165, 1.54) is 21.6 Å². The van der Waals surface area contributed by atoms with E-state index in [0.717, 1.165) is 25.1 Å². The number of aryl methyl sites for hydroxylation is 1. The third kappa shape index (κ3) is 4.58. The molecule has 0 radical (unpaired) electrons. The molecule has 25 heavy (non-hydrogen) atoms. The van der Waals surface area contributed by atoms with Crippen LogP contribution < -0.4 is 10.2 Å². The van der Waals surface area contributed by atoms with Gasteiger partial charge in [0.15, 0.2) is 6.04 Å². The van der Waals surface area contributed by atoms with Gasteiger partial charge in [-0.25, -0.2) is 0 Å². The van der Waals surface area contributed by atoms with Gasteiger partial charge in [0.25, 0.3) is 5.91 Å². The summed E-state index contributed by atoms with van der Waals surface area (Å²) in [5, 5.41) is 3.08. The molecule has 3 nitrogen and oxygen atoms in total. The predicted molar refractivity (Wildman–Crippen MR) is 102 cm³/mol. The van der Waals surface area contributed by atoms with Crippen molar-refractivity contribution in [1.82, 2.24) is 5.32 Å². The Balaban J connectivity index is 1.53. The number of benzene rings is 2. The van der Waals surface area contributed by atoms with Crippen LogP contribution in [0.4, 0.5) is 0 Å². The van der Waals surface area contributed by atoms with Crippen LogP contribution in [0.5, 0.6) is 0 Å². The second kappa shape index (κ2) is 8.13. The van der Waals surface area contributed by atoms with Crippen LogP contribution in [0.25, 0.3) is 5.57 Å². The van der Waals surface area contributed by atoms with Gasteiger partial charge in [0.1, 0.15) is 0 Å². The summed E-state index contributed by atoms with van der Waals surface area (Å²) in [6.07, 6.45) is 3.31. The van der Waals surface area contributed by atoms with Crippen molar-refractivity contribution in [3.05, 3.63) is 77.4 Å². The number of hydrogen-bond acceptors (Lipinski definition) is 1. The fraction of sp³-hybridized carbons (Fsp3) is 0.318. The summed E-state index contributed by atoms with van der Waals surface area (Å²) in [6, 6.07) is 18.8. The molecule has 2 aromatic rings. The molecule has 0 fully saturated rings. The van der Waals surface area contributed by atoms with Crippen LogP contribution in [0.2, 0.25) is 0 Å². The minimum absolute atomic E-state index is 0.0287. The van der Waals surface area contributed by atoms with Crippen molar-refractivity contribution in [3.63, 3.8) is 0 Å². The summed E-state index contributed by atoms with van der Waals surface area (Å²) < 4.78 is 0. The maximum atomic E-state index is 12.5. The maximum absolute atomic E-state index is 12.5. The molecule has 0 spiro atoms. The van der Waals surface area contributed by atoms with E-state index in [-0.39, 0.29) is 11.9 Å². The molecule has 1 unspecified atom stereocenters. The van der Waals surface area contributed by atoms with Crippen LogP contribution >= 0.6 is 0 Å². The molecule has 0 saturated carbocycles. The lowest BCUT2D eigenvalue weighted by Gasteiger charge is -2.28. The molecule has 1 heterocycles. The molecule has 0 saturated heterocycles. The Morgan fingerprint density at radius 2 is 1.84 bits per heavy atom. The molecule has 3 rings (SSSR count). The highest BCUT2D eigenvalue weighted by Crippen LogP contribution is 2.17. The number of carbonyl (C=O) groups excluding carboxylic acids is 1. The summed E-state index contributed by atoms with van der Waals surface area (Å²) in [5.41, 5.74) is 5.09. The molecule has 2 N–H and O–H groups in total. The third-order valence-electron chi connectivity index (χ3n) is 5.06. The first-order chi connectivity index (χ1) is 12.1. The monoisotopic (exact) mass is 335 g/mol. The average molecular weight is 335 g/mol. The molecule has 0 aromatic heterocycles. The number of hydrogen-bond donors (Lipinski definition) is 2. The van der Waals surface area contributed by atoms with Crippen molar-refractivity contribution >= 4 is 11.5 Å². The first-order valence-corrected chi connectivity index (χ1v) is 9.06. The van der Waals surface area contributed by atoms with E-state index in [1.807, 2.05) is 13.0 Å². The van der Waals surface area contributed by atoms with Gasteiger partial charge in [0.05, 0.1) is 13.1 Å². The van der Waals surface area contributed by atoms with E-state index in [2.05, 4.69) is 66.8 Å². The Morgan fingerprint density at radius 1 is 1.12 bits per heavy atom. The van der Waals surface area contributed by atoms with Gasteiger partial charge in [0.2, 0.25) is 0 Å². The van der Waals surface area contributed by atoms with Crippen LogP contribution in [0.1, 0.15) is 30.0 Å². The number of carbonyl (C=O) groups is 1. The van der Waals surface area contributed by atoms with E-state index in [0.29, 0.717) is 6.54 Å². The molecular formula is C22H27N2O+. The Hall–Kier alpha value is -2.39. The standard InChI is InChI=1S/C22H26N2O/c1-17-8-10-19(11-9-17)16-23-22(25)18(2)24-14-12-21(13-15-24)20-6-4-3-5-7-20/h3-12,18H,13-16H2,1-2H3,(H,23,25)/p+1/t18-/m1/s1. The SMILES string of the molecule is Cc1ccc(CNC(=O)[C@@H](C)[NH+]2CC=C(c3ccccc3)CC2)cc1. The van der Waals surface area contributed by atoms with Gasteiger partial charge in [-0.2, -0.15) is 0 Å². The van der Waals surface area contributed by atoms with Crippen LogP contribution in [0.3, 0.4) is 0 Å². The molecule has 0 bridgehead atoms. The highest BCUT2D eigenvalue weighted by atomic mass is 16.2. The topological polar surface area (TPSA) is 33.5 Å².